The first-order valence-electron chi connectivity index (χ1n) is 3.54. The summed E-state index contributed by atoms with van der Waals surface area (Å²) in [4.78, 5) is 11.4. The van der Waals surface area contributed by atoms with Gasteiger partial charge >= 0.3 is 75.6 Å². The molecule has 11 heavy (non-hydrogen) atoms. The van der Waals surface area contributed by atoms with Gasteiger partial charge in [-0.2, -0.15) is 0 Å². The monoisotopic (exact) mass is 279 g/mol. The Balaban J connectivity index is 2.89. The van der Waals surface area contributed by atoms with Gasteiger partial charge in [0.2, 0.25) is 0 Å². The topological polar surface area (TPSA) is 22.1 Å². The summed E-state index contributed by atoms with van der Waals surface area (Å²) in [6.07, 6.45) is 0. The Morgan fingerprint density at radius 2 is 2.09 bits per heavy atom. The first-order chi connectivity index (χ1) is 5.04. The molecule has 0 fully saturated rings. The van der Waals surface area contributed by atoms with Crippen molar-refractivity contribution in [3.63, 3.8) is 0 Å². The molecular weight excluding hydrogens is 265 g/mol. The summed E-state index contributed by atoms with van der Waals surface area (Å²) in [7, 11) is 1.67. The maximum atomic E-state index is 5.03. The Morgan fingerprint density at radius 1 is 1.45 bits per heavy atom. The minimum atomic E-state index is -1.90. The van der Waals surface area contributed by atoms with E-state index >= 15 is 0 Å². The van der Waals surface area contributed by atoms with E-state index in [4.69, 9.17) is 4.74 Å². The molecule has 0 bridgehead atoms. The van der Waals surface area contributed by atoms with E-state index in [2.05, 4.69) is 25.2 Å². The average Bonchev–Trinajstić information content (AvgIpc) is 2.32. The molecule has 0 unspecified atom stereocenters. The zero-order valence-corrected chi connectivity index (χ0v) is 11.0. The molecule has 2 nitrogen and oxygen atoms in total. The fourth-order valence-electron chi connectivity index (χ4n) is 0.696. The molecule has 1 aromatic heterocycles. The molecule has 0 saturated heterocycles. The Kier molecular flexibility index (Phi) is 2.80. The third kappa shape index (κ3) is 2.33. The molecule has 0 saturated carbocycles. The molecule has 0 aliphatic carbocycles. The average molecular weight is 278 g/mol. The van der Waals surface area contributed by atoms with Crippen LogP contribution in [-0.2, 0) is 0 Å². The van der Waals surface area contributed by atoms with E-state index < -0.39 is 18.4 Å². The Hall–Kier alpha value is 0.229. The van der Waals surface area contributed by atoms with Crippen molar-refractivity contribution in [3.8, 4) is 5.19 Å². The van der Waals surface area contributed by atoms with Crippen LogP contribution < -0.4 is 8.45 Å². The van der Waals surface area contributed by atoms with Gasteiger partial charge in [-0.05, 0) is 0 Å². The van der Waals surface area contributed by atoms with Crippen LogP contribution >= 0.6 is 11.3 Å². The van der Waals surface area contributed by atoms with E-state index in [0.29, 0.717) is 0 Å². The maximum absolute atomic E-state index is 5.03. The second-order valence-corrected chi connectivity index (χ2v) is 18.6. The number of nitrogens with zero attached hydrogens (tertiary/aromatic N) is 1. The Bertz CT molecular complexity index is 241. The molecule has 0 aromatic carbocycles. The summed E-state index contributed by atoms with van der Waals surface area (Å²) >= 11 is -0.301. The number of rotatable bonds is 2. The van der Waals surface area contributed by atoms with Crippen LogP contribution in [0, 0.1) is 0 Å². The molecule has 0 aliphatic heterocycles. The molecule has 0 N–H and O–H groups in total. The molecular formula is C7H13NOSSn. The number of hydrogen-bond donors (Lipinski definition) is 0. The summed E-state index contributed by atoms with van der Waals surface area (Å²) in [5.74, 6) is 0. The van der Waals surface area contributed by atoms with Crippen LogP contribution in [0.4, 0.5) is 0 Å². The first-order valence-corrected chi connectivity index (χ1v) is 14.4. The number of hydrogen-bond acceptors (Lipinski definition) is 3. The van der Waals surface area contributed by atoms with Gasteiger partial charge in [0.25, 0.3) is 0 Å². The number of aromatic nitrogens is 1. The van der Waals surface area contributed by atoms with Crippen LogP contribution in [0.15, 0.2) is 5.38 Å². The van der Waals surface area contributed by atoms with Crippen LogP contribution in [0.1, 0.15) is 0 Å². The molecule has 1 rings (SSSR count). The molecule has 0 atom stereocenters. The zero-order chi connectivity index (χ0) is 8.48. The summed E-state index contributed by atoms with van der Waals surface area (Å²) in [6.45, 7) is 0. The van der Waals surface area contributed by atoms with Gasteiger partial charge in [-0.25, -0.2) is 0 Å². The molecule has 4 heteroatoms. The van der Waals surface area contributed by atoms with Crippen molar-refractivity contribution in [2.75, 3.05) is 7.11 Å². The van der Waals surface area contributed by atoms with Gasteiger partial charge in [0.15, 0.2) is 0 Å². The summed E-state index contributed by atoms with van der Waals surface area (Å²) in [6, 6.07) is 0. The van der Waals surface area contributed by atoms with Crippen molar-refractivity contribution in [1.82, 2.24) is 4.98 Å². The van der Waals surface area contributed by atoms with Gasteiger partial charge in [-0.3, -0.25) is 0 Å². The Morgan fingerprint density at radius 3 is 2.36 bits per heavy atom. The van der Waals surface area contributed by atoms with E-state index in [1.165, 1.54) is 3.71 Å². The van der Waals surface area contributed by atoms with Gasteiger partial charge in [0.05, 0.1) is 0 Å². The van der Waals surface area contributed by atoms with Crippen molar-refractivity contribution in [2.24, 2.45) is 0 Å². The summed E-state index contributed by atoms with van der Waals surface area (Å²) in [5, 5.41) is 2.93. The fourth-order valence-corrected chi connectivity index (χ4v) is 6.57. The van der Waals surface area contributed by atoms with Crippen molar-refractivity contribution in [3.05, 3.63) is 5.38 Å². The van der Waals surface area contributed by atoms with Crippen LogP contribution in [0.2, 0.25) is 14.8 Å². The fraction of sp³-hybridized carbons (Fsp3) is 0.571. The third-order valence-corrected chi connectivity index (χ3v) is 7.94. The van der Waals surface area contributed by atoms with Crippen LogP contribution in [-0.4, -0.2) is 30.5 Å². The quantitative estimate of drug-likeness (QED) is 0.768. The normalized spacial score (nSPS) is 11.6. The molecule has 0 amide bonds. The van der Waals surface area contributed by atoms with Gasteiger partial charge in [0.1, 0.15) is 0 Å². The molecule has 0 spiro atoms. The molecule has 1 heterocycles. The second kappa shape index (κ2) is 3.31. The molecule has 0 aliphatic rings. The van der Waals surface area contributed by atoms with E-state index in [9.17, 15) is 0 Å². The van der Waals surface area contributed by atoms with Crippen molar-refractivity contribution in [1.29, 1.82) is 0 Å². The van der Waals surface area contributed by atoms with Crippen LogP contribution in [0.5, 0.6) is 5.19 Å². The van der Waals surface area contributed by atoms with E-state index in [1.807, 2.05) is 0 Å². The van der Waals surface area contributed by atoms with Gasteiger partial charge in [-0.1, -0.05) is 0 Å². The third-order valence-electron chi connectivity index (χ3n) is 1.43. The minimum absolute atomic E-state index is 0.798. The molecule has 62 valence electrons. The predicted octanol–water partition coefficient (Wildman–Crippen LogP) is 1.70. The second-order valence-electron chi connectivity index (χ2n) is 3.45. The van der Waals surface area contributed by atoms with E-state index in [-0.39, 0.29) is 0 Å². The summed E-state index contributed by atoms with van der Waals surface area (Å²) in [5.41, 5.74) is 0. The van der Waals surface area contributed by atoms with Gasteiger partial charge in [-0.15, -0.1) is 0 Å². The first kappa shape index (κ1) is 9.32. The van der Waals surface area contributed by atoms with E-state index in [1.54, 1.807) is 18.4 Å². The standard InChI is InChI=1S/C4H4NOS.3CH3.Sn/c1-6-4-5-2-3-7-4;;;;/h3H,1H3;3*1H3;. The van der Waals surface area contributed by atoms with Gasteiger partial charge < -0.3 is 0 Å². The summed E-state index contributed by atoms with van der Waals surface area (Å²) < 4.78 is 6.34. The number of thiazole rings is 1. The number of ether oxygens (including phenoxy) is 1. The van der Waals surface area contributed by atoms with E-state index in [0.717, 1.165) is 5.19 Å². The van der Waals surface area contributed by atoms with Crippen molar-refractivity contribution >= 4 is 33.4 Å². The molecule has 1 aromatic rings. The van der Waals surface area contributed by atoms with Gasteiger partial charge in [0, 0.05) is 0 Å². The van der Waals surface area contributed by atoms with Crippen LogP contribution in [0.3, 0.4) is 0 Å². The van der Waals surface area contributed by atoms with Crippen LogP contribution in [0.25, 0.3) is 0 Å². The van der Waals surface area contributed by atoms with Crippen molar-refractivity contribution < 1.29 is 4.74 Å². The molecule has 0 radical (unpaired) electrons. The zero-order valence-electron chi connectivity index (χ0n) is 7.34. The van der Waals surface area contributed by atoms with Crippen molar-refractivity contribution in [2.45, 2.75) is 14.8 Å². The SMILES string of the molecule is COc1n[c]([Sn]([CH3])([CH3])[CH3])cs1. The Labute approximate surface area is 75.5 Å². The predicted molar refractivity (Wildman–Crippen MR) is 51.6 cm³/mol. The number of methoxy groups -OCH3 is 1.